The summed E-state index contributed by atoms with van der Waals surface area (Å²) in [5.74, 6) is -1.86. The Morgan fingerprint density at radius 3 is 2.44 bits per heavy atom. The maximum atomic E-state index is 11.8. The number of nitrogens with one attached hydrogen (secondary N) is 2. The molecule has 0 saturated carbocycles. The first-order chi connectivity index (χ1) is 12.9. The molecule has 140 valence electrons. The highest BCUT2D eigenvalue weighted by Crippen LogP contribution is 2.28. The first-order valence-corrected chi connectivity index (χ1v) is 7.56. The van der Waals surface area contributed by atoms with E-state index in [2.05, 4.69) is 10.1 Å². The van der Waals surface area contributed by atoms with Gasteiger partial charge in [-0.3, -0.25) is 20.2 Å². The largest absolute Gasteiger partial charge is 0.477 e. The predicted octanol–water partition coefficient (Wildman–Crippen LogP) is 2.11. The molecule has 0 radical (unpaired) electrons. The number of amides is 3. The maximum absolute atomic E-state index is 11.8. The molecule has 2 aromatic carbocycles. The number of para-hydroxylation sites is 1. The highest BCUT2D eigenvalue weighted by Gasteiger charge is 2.20. The monoisotopic (exact) mass is 373 g/mol. The maximum Gasteiger partial charge on any atom is 0.337 e. The third kappa shape index (κ3) is 5.53. The third-order valence-electron chi connectivity index (χ3n) is 3.22. The summed E-state index contributed by atoms with van der Waals surface area (Å²) in [5, 5.41) is 15.5. The SMILES string of the molecule is COC(=O)c1ccc([N+](=O)[O-])c(OCC(=O)NC(=O)Nc2ccccc2)c1. The Hall–Kier alpha value is -3.95. The zero-order valence-electron chi connectivity index (χ0n) is 14.1. The second-order valence-electron chi connectivity index (χ2n) is 5.09. The summed E-state index contributed by atoms with van der Waals surface area (Å²) in [5.41, 5.74) is 0.0506. The second-order valence-corrected chi connectivity index (χ2v) is 5.09. The molecule has 0 unspecified atom stereocenters. The zero-order valence-corrected chi connectivity index (χ0v) is 14.1. The van der Waals surface area contributed by atoms with Crippen molar-refractivity contribution in [3.8, 4) is 5.75 Å². The van der Waals surface area contributed by atoms with Gasteiger partial charge in [-0.05, 0) is 18.2 Å². The minimum Gasteiger partial charge on any atom is -0.477 e. The van der Waals surface area contributed by atoms with Gasteiger partial charge in [-0.15, -0.1) is 0 Å². The van der Waals surface area contributed by atoms with E-state index in [0.717, 1.165) is 19.2 Å². The van der Waals surface area contributed by atoms with Gasteiger partial charge in [0.2, 0.25) is 0 Å². The van der Waals surface area contributed by atoms with Crippen LogP contribution in [0.3, 0.4) is 0 Å². The first-order valence-electron chi connectivity index (χ1n) is 7.56. The van der Waals surface area contributed by atoms with Crippen LogP contribution >= 0.6 is 0 Å². The van der Waals surface area contributed by atoms with Gasteiger partial charge in [0.1, 0.15) is 0 Å². The number of hydrogen-bond acceptors (Lipinski definition) is 7. The average molecular weight is 373 g/mol. The average Bonchev–Trinajstić information content (AvgIpc) is 2.66. The Labute approximate surface area is 153 Å². The third-order valence-corrected chi connectivity index (χ3v) is 3.22. The Bertz CT molecular complexity index is 868. The number of urea groups is 1. The Morgan fingerprint density at radius 2 is 1.81 bits per heavy atom. The van der Waals surface area contributed by atoms with Crippen LogP contribution in [0.1, 0.15) is 10.4 Å². The van der Waals surface area contributed by atoms with E-state index in [1.165, 1.54) is 6.07 Å². The summed E-state index contributed by atoms with van der Waals surface area (Å²) in [6.07, 6.45) is 0. The van der Waals surface area contributed by atoms with Gasteiger partial charge in [0.15, 0.2) is 12.4 Å². The zero-order chi connectivity index (χ0) is 19.8. The van der Waals surface area contributed by atoms with Gasteiger partial charge in [0.05, 0.1) is 17.6 Å². The summed E-state index contributed by atoms with van der Waals surface area (Å²) in [6.45, 7) is -0.673. The van der Waals surface area contributed by atoms with E-state index >= 15 is 0 Å². The summed E-state index contributed by atoms with van der Waals surface area (Å²) in [7, 11) is 1.16. The summed E-state index contributed by atoms with van der Waals surface area (Å²) in [4.78, 5) is 45.4. The van der Waals surface area contributed by atoms with Crippen molar-refractivity contribution in [2.45, 2.75) is 0 Å². The molecule has 27 heavy (non-hydrogen) atoms. The quantitative estimate of drug-likeness (QED) is 0.449. The van der Waals surface area contributed by atoms with Crippen LogP contribution in [0, 0.1) is 10.1 Å². The van der Waals surface area contributed by atoms with Gasteiger partial charge in [0.25, 0.3) is 5.91 Å². The van der Waals surface area contributed by atoms with Crippen molar-refractivity contribution in [2.75, 3.05) is 19.0 Å². The lowest BCUT2D eigenvalue weighted by atomic mass is 10.2. The number of nitro groups is 1. The molecule has 0 aliphatic rings. The van der Waals surface area contributed by atoms with E-state index in [1.807, 2.05) is 5.32 Å². The fraction of sp³-hybridized carbons (Fsp3) is 0.118. The molecule has 2 N–H and O–H groups in total. The fourth-order valence-corrected chi connectivity index (χ4v) is 2.02. The van der Waals surface area contributed by atoms with Crippen molar-refractivity contribution in [1.29, 1.82) is 0 Å². The topological polar surface area (TPSA) is 137 Å². The number of imide groups is 1. The number of carbonyl (C=O) groups is 3. The molecule has 0 saturated heterocycles. The Kier molecular flexibility index (Phi) is 6.42. The molecule has 0 spiro atoms. The van der Waals surface area contributed by atoms with E-state index in [0.29, 0.717) is 5.69 Å². The standard InChI is InChI=1S/C17H15N3O7/c1-26-16(22)11-7-8-13(20(24)25)14(9-11)27-10-15(21)19-17(23)18-12-5-3-2-4-6-12/h2-9H,10H2,1H3,(H2,18,19,21,23). The number of nitro benzene ring substituents is 1. The Morgan fingerprint density at radius 1 is 1.11 bits per heavy atom. The molecule has 0 aromatic heterocycles. The number of anilines is 1. The van der Waals surface area contributed by atoms with Gasteiger partial charge in [-0.1, -0.05) is 18.2 Å². The Balaban J connectivity index is 2.00. The molecule has 0 aliphatic heterocycles. The molecule has 0 fully saturated rings. The van der Waals surface area contributed by atoms with Gasteiger partial charge >= 0.3 is 17.7 Å². The number of rotatable bonds is 6. The van der Waals surface area contributed by atoms with Gasteiger partial charge in [0, 0.05) is 17.8 Å². The van der Waals surface area contributed by atoms with Crippen LogP contribution in [0.15, 0.2) is 48.5 Å². The predicted molar refractivity (Wildman–Crippen MR) is 93.5 cm³/mol. The molecule has 0 aliphatic carbocycles. The number of benzene rings is 2. The normalized spacial score (nSPS) is 9.81. The van der Waals surface area contributed by atoms with E-state index in [1.54, 1.807) is 30.3 Å². The molecule has 0 bridgehead atoms. The highest BCUT2D eigenvalue weighted by molar-refractivity contribution is 6.01. The van der Waals surface area contributed by atoms with Crippen molar-refractivity contribution in [3.05, 3.63) is 64.2 Å². The van der Waals surface area contributed by atoms with E-state index in [9.17, 15) is 24.5 Å². The highest BCUT2D eigenvalue weighted by atomic mass is 16.6. The number of hydrogen-bond donors (Lipinski definition) is 2. The van der Waals surface area contributed by atoms with Crippen molar-refractivity contribution < 1.29 is 28.8 Å². The van der Waals surface area contributed by atoms with Crippen LogP contribution in [0.25, 0.3) is 0 Å². The fourth-order valence-electron chi connectivity index (χ4n) is 2.02. The minimum absolute atomic E-state index is 0.0142. The van der Waals surface area contributed by atoms with Crippen LogP contribution in [-0.2, 0) is 9.53 Å². The number of methoxy groups -OCH3 is 1. The smallest absolute Gasteiger partial charge is 0.337 e. The molecule has 10 nitrogen and oxygen atoms in total. The van der Waals surface area contributed by atoms with E-state index < -0.39 is 35.1 Å². The van der Waals surface area contributed by atoms with Crippen LogP contribution in [0.5, 0.6) is 5.75 Å². The van der Waals surface area contributed by atoms with Gasteiger partial charge in [-0.2, -0.15) is 0 Å². The van der Waals surface area contributed by atoms with E-state index in [-0.39, 0.29) is 11.3 Å². The number of esters is 1. The van der Waals surface area contributed by atoms with Crippen LogP contribution in [-0.4, -0.2) is 36.5 Å². The lowest BCUT2D eigenvalue weighted by Gasteiger charge is -2.09. The van der Waals surface area contributed by atoms with Crippen molar-refractivity contribution >= 4 is 29.3 Å². The summed E-state index contributed by atoms with van der Waals surface area (Å²) >= 11 is 0. The lowest BCUT2D eigenvalue weighted by Crippen LogP contribution is -2.37. The lowest BCUT2D eigenvalue weighted by molar-refractivity contribution is -0.385. The van der Waals surface area contributed by atoms with Crippen LogP contribution < -0.4 is 15.4 Å². The van der Waals surface area contributed by atoms with E-state index in [4.69, 9.17) is 4.74 Å². The molecule has 2 aromatic rings. The van der Waals surface area contributed by atoms with Gasteiger partial charge < -0.3 is 14.8 Å². The molecule has 0 heterocycles. The first kappa shape index (κ1) is 19.4. The summed E-state index contributed by atoms with van der Waals surface area (Å²) < 4.78 is 9.64. The second kappa shape index (κ2) is 8.94. The number of carbonyl (C=O) groups excluding carboxylic acids is 3. The van der Waals surface area contributed by atoms with Crippen molar-refractivity contribution in [2.24, 2.45) is 0 Å². The van der Waals surface area contributed by atoms with Crippen LogP contribution in [0.2, 0.25) is 0 Å². The van der Waals surface area contributed by atoms with Crippen molar-refractivity contribution in [3.63, 3.8) is 0 Å². The molecule has 3 amide bonds. The molecular weight excluding hydrogens is 358 g/mol. The number of nitrogens with zero attached hydrogens (tertiary/aromatic N) is 1. The minimum atomic E-state index is -0.832. The van der Waals surface area contributed by atoms with Crippen LogP contribution in [0.4, 0.5) is 16.2 Å². The molecule has 0 atom stereocenters. The van der Waals surface area contributed by atoms with Gasteiger partial charge in [-0.25, -0.2) is 9.59 Å². The molecule has 2 rings (SSSR count). The summed E-state index contributed by atoms with van der Waals surface area (Å²) in [6, 6.07) is 11.0. The molecule has 10 heteroatoms. The molecular formula is C17H15N3O7. The number of ether oxygens (including phenoxy) is 2. The van der Waals surface area contributed by atoms with Crippen molar-refractivity contribution in [1.82, 2.24) is 5.32 Å².